The number of nitrogens with zero attached hydrogens (tertiary/aromatic N) is 3. The summed E-state index contributed by atoms with van der Waals surface area (Å²) in [5, 5.41) is 0. The van der Waals surface area contributed by atoms with E-state index in [1.165, 1.54) is 6.07 Å². The van der Waals surface area contributed by atoms with Gasteiger partial charge in [-0.2, -0.15) is 8.42 Å². The monoisotopic (exact) mass is 371 g/mol. The third kappa shape index (κ3) is 3.48. The van der Waals surface area contributed by atoms with Gasteiger partial charge in [-0.1, -0.05) is 36.4 Å². The lowest BCUT2D eigenvalue weighted by atomic mass is 10.1. The zero-order valence-corrected chi connectivity index (χ0v) is 15.8. The number of amides is 1. The van der Waals surface area contributed by atoms with Gasteiger partial charge in [0.25, 0.3) is 10.0 Å². The molecule has 0 saturated heterocycles. The van der Waals surface area contributed by atoms with Crippen molar-refractivity contribution in [3.63, 3.8) is 0 Å². The van der Waals surface area contributed by atoms with Crippen LogP contribution in [0.2, 0.25) is 0 Å². The zero-order valence-electron chi connectivity index (χ0n) is 15.0. The number of fused-ring (bicyclic) bond motifs is 1. The smallest absolute Gasteiger partial charge is 0.285 e. The lowest BCUT2D eigenvalue weighted by molar-refractivity contribution is -0.130. The van der Waals surface area contributed by atoms with Gasteiger partial charge >= 0.3 is 0 Å². The Morgan fingerprint density at radius 3 is 2.42 bits per heavy atom. The van der Waals surface area contributed by atoms with Crippen molar-refractivity contribution in [2.75, 3.05) is 20.6 Å². The van der Waals surface area contributed by atoms with Crippen LogP contribution in [0.3, 0.4) is 0 Å². The Kier molecular flexibility index (Phi) is 4.82. The van der Waals surface area contributed by atoms with Crippen LogP contribution in [0.4, 0.5) is 0 Å². The van der Waals surface area contributed by atoms with Crippen LogP contribution < -0.4 is 0 Å². The highest BCUT2D eigenvalue weighted by Gasteiger charge is 2.31. The second-order valence-electron chi connectivity index (χ2n) is 6.42. The van der Waals surface area contributed by atoms with Crippen LogP contribution >= 0.6 is 0 Å². The first-order valence-corrected chi connectivity index (χ1v) is 9.67. The number of carbonyl (C=O) groups excluding carboxylic acids is 1. The first-order valence-electron chi connectivity index (χ1n) is 8.23. The van der Waals surface area contributed by atoms with Crippen LogP contribution in [0.15, 0.2) is 57.8 Å². The summed E-state index contributed by atoms with van der Waals surface area (Å²) in [6.45, 7) is 2.56. The van der Waals surface area contributed by atoms with E-state index < -0.39 is 10.0 Å². The lowest BCUT2D eigenvalue weighted by Crippen LogP contribution is -2.39. The minimum Gasteiger partial charge on any atom is -0.349 e. The highest BCUT2D eigenvalue weighted by Crippen LogP contribution is 2.26. The molecule has 1 heterocycles. The second-order valence-corrected chi connectivity index (χ2v) is 7.99. The molecule has 0 fully saturated rings. The zero-order chi connectivity index (χ0) is 18.9. The highest BCUT2D eigenvalue weighted by atomic mass is 32.2. The Labute approximate surface area is 153 Å². The van der Waals surface area contributed by atoms with Gasteiger partial charge in [-0.3, -0.25) is 4.79 Å². The number of amidine groups is 1. The van der Waals surface area contributed by atoms with Crippen LogP contribution in [0, 0.1) is 6.92 Å². The average Bonchev–Trinajstić information content (AvgIpc) is 2.89. The van der Waals surface area contributed by atoms with Crippen LogP contribution in [-0.2, 0) is 21.4 Å². The van der Waals surface area contributed by atoms with Crippen molar-refractivity contribution in [2.45, 2.75) is 18.4 Å². The van der Waals surface area contributed by atoms with E-state index >= 15 is 0 Å². The third-order valence-electron chi connectivity index (χ3n) is 4.44. The normalized spacial score (nSPS) is 14.5. The standard InChI is InChI=1S/C19H21N3O3S/c1-14-8-4-5-9-15(14)12-21(2)18(23)13-22(3)19-16-10-6-7-11-17(16)26(24,25)20-19/h4-11H,12-13H2,1-3H3. The third-order valence-corrected chi connectivity index (χ3v) is 5.77. The fraction of sp³-hybridized carbons (Fsp3) is 0.263. The maximum atomic E-state index is 12.6. The van der Waals surface area contributed by atoms with E-state index in [1.54, 1.807) is 42.1 Å². The summed E-state index contributed by atoms with van der Waals surface area (Å²) in [5.74, 6) is 0.193. The summed E-state index contributed by atoms with van der Waals surface area (Å²) in [5.41, 5.74) is 2.74. The number of hydrogen-bond donors (Lipinski definition) is 0. The van der Waals surface area contributed by atoms with E-state index in [0.29, 0.717) is 17.9 Å². The molecule has 0 aromatic heterocycles. The van der Waals surface area contributed by atoms with E-state index in [4.69, 9.17) is 0 Å². The number of benzene rings is 2. The maximum Gasteiger partial charge on any atom is 0.285 e. The van der Waals surface area contributed by atoms with Crippen molar-refractivity contribution in [3.05, 3.63) is 65.2 Å². The molecule has 2 aromatic carbocycles. The molecule has 26 heavy (non-hydrogen) atoms. The topological polar surface area (TPSA) is 70.1 Å². The molecule has 1 amide bonds. The van der Waals surface area contributed by atoms with Gasteiger partial charge < -0.3 is 9.80 Å². The molecule has 0 unspecified atom stereocenters. The van der Waals surface area contributed by atoms with E-state index in [1.807, 2.05) is 31.2 Å². The van der Waals surface area contributed by atoms with E-state index in [-0.39, 0.29) is 17.3 Å². The Bertz CT molecular complexity index is 983. The number of sulfonamides is 1. The summed E-state index contributed by atoms with van der Waals surface area (Å²) in [6, 6.07) is 14.6. The van der Waals surface area contributed by atoms with Crippen molar-refractivity contribution in [2.24, 2.45) is 4.40 Å². The summed E-state index contributed by atoms with van der Waals surface area (Å²) < 4.78 is 28.2. The fourth-order valence-corrected chi connectivity index (χ4v) is 4.15. The van der Waals surface area contributed by atoms with Gasteiger partial charge in [0, 0.05) is 26.2 Å². The van der Waals surface area contributed by atoms with Crippen molar-refractivity contribution in [1.82, 2.24) is 9.80 Å². The predicted octanol–water partition coefficient (Wildman–Crippen LogP) is 2.03. The molecule has 0 radical (unpaired) electrons. The molecular weight excluding hydrogens is 350 g/mol. The first-order chi connectivity index (χ1) is 12.3. The summed E-state index contributed by atoms with van der Waals surface area (Å²) in [6.07, 6.45) is 0. The number of likely N-dealkylation sites (N-methyl/N-ethyl adjacent to an activating group) is 2. The molecular formula is C19H21N3O3S. The highest BCUT2D eigenvalue weighted by molar-refractivity contribution is 7.90. The fourth-order valence-electron chi connectivity index (χ4n) is 2.89. The van der Waals surface area contributed by atoms with Crippen molar-refractivity contribution < 1.29 is 13.2 Å². The van der Waals surface area contributed by atoms with E-state index in [9.17, 15) is 13.2 Å². The lowest BCUT2D eigenvalue weighted by Gasteiger charge is -2.23. The molecule has 0 N–H and O–H groups in total. The quantitative estimate of drug-likeness (QED) is 0.825. The average molecular weight is 371 g/mol. The Balaban J connectivity index is 1.73. The molecule has 136 valence electrons. The molecule has 0 saturated carbocycles. The molecule has 7 heteroatoms. The second kappa shape index (κ2) is 6.92. The summed E-state index contributed by atoms with van der Waals surface area (Å²) >= 11 is 0. The molecule has 2 aromatic rings. The van der Waals surface area contributed by atoms with Gasteiger partial charge in [0.1, 0.15) is 4.90 Å². The number of aryl methyl sites for hydroxylation is 1. The largest absolute Gasteiger partial charge is 0.349 e. The number of rotatable bonds is 4. The predicted molar refractivity (Wildman–Crippen MR) is 100 cm³/mol. The Morgan fingerprint density at radius 1 is 1.04 bits per heavy atom. The van der Waals surface area contributed by atoms with E-state index in [0.717, 1.165) is 11.1 Å². The number of carbonyl (C=O) groups is 1. The Hall–Kier alpha value is -2.67. The molecule has 0 aliphatic carbocycles. The minimum absolute atomic E-state index is 0.0467. The van der Waals surface area contributed by atoms with Gasteiger partial charge in [0.15, 0.2) is 5.84 Å². The van der Waals surface area contributed by atoms with E-state index in [2.05, 4.69) is 4.40 Å². The van der Waals surface area contributed by atoms with Crippen LogP contribution in [-0.4, -0.2) is 50.6 Å². The van der Waals surface area contributed by atoms with Crippen molar-refractivity contribution in [3.8, 4) is 0 Å². The van der Waals surface area contributed by atoms with Crippen LogP contribution in [0.5, 0.6) is 0 Å². The van der Waals surface area contributed by atoms with Gasteiger partial charge in [-0.25, -0.2) is 0 Å². The molecule has 6 nitrogen and oxygen atoms in total. The van der Waals surface area contributed by atoms with Crippen LogP contribution in [0.1, 0.15) is 16.7 Å². The van der Waals surface area contributed by atoms with Crippen LogP contribution in [0.25, 0.3) is 0 Å². The van der Waals surface area contributed by atoms with Crippen molar-refractivity contribution in [1.29, 1.82) is 0 Å². The van der Waals surface area contributed by atoms with Gasteiger partial charge in [-0.15, -0.1) is 4.40 Å². The van der Waals surface area contributed by atoms with Gasteiger partial charge in [0.05, 0.1) is 6.54 Å². The first kappa shape index (κ1) is 18.1. The summed E-state index contributed by atoms with van der Waals surface area (Å²) in [7, 11) is -0.272. The van der Waals surface area contributed by atoms with Crippen molar-refractivity contribution >= 4 is 21.8 Å². The molecule has 0 atom stereocenters. The minimum atomic E-state index is -3.69. The Morgan fingerprint density at radius 2 is 1.69 bits per heavy atom. The molecule has 1 aliphatic heterocycles. The molecule has 0 spiro atoms. The maximum absolute atomic E-state index is 12.6. The van der Waals surface area contributed by atoms with Gasteiger partial charge in [-0.05, 0) is 30.2 Å². The molecule has 1 aliphatic rings. The number of hydrogen-bond acceptors (Lipinski definition) is 4. The van der Waals surface area contributed by atoms with Gasteiger partial charge in [0.2, 0.25) is 5.91 Å². The molecule has 3 rings (SSSR count). The molecule has 0 bridgehead atoms. The summed E-state index contributed by atoms with van der Waals surface area (Å²) in [4.78, 5) is 16.0. The SMILES string of the molecule is Cc1ccccc1CN(C)C(=O)CN(C)C1=NS(=O)(=O)c2ccccc21.